The summed E-state index contributed by atoms with van der Waals surface area (Å²) in [6.07, 6.45) is 0. The van der Waals surface area contributed by atoms with Crippen molar-refractivity contribution in [1.29, 1.82) is 0 Å². The standard InChI is InChI=1S/C24H34N4O3S/c1-5-27(6-2)32(30,31)28-14-12-26(13-15-28)23(21-10-8-7-9-11-21)24(29)25-22-17-19(3)16-20(4)18-22/h7-11,16-18,23H,5-6,12-15H2,1-4H3,(H,25,29). The topological polar surface area (TPSA) is 73.0 Å². The fraction of sp³-hybridized carbons (Fsp3) is 0.458. The van der Waals surface area contributed by atoms with E-state index in [1.165, 1.54) is 8.61 Å². The van der Waals surface area contributed by atoms with Crippen molar-refractivity contribution in [2.75, 3.05) is 44.6 Å². The second-order valence-corrected chi connectivity index (χ2v) is 10.1. The fourth-order valence-corrected chi connectivity index (χ4v) is 5.93. The number of nitrogens with one attached hydrogen (secondary N) is 1. The summed E-state index contributed by atoms with van der Waals surface area (Å²) in [5.74, 6) is -0.110. The molecule has 3 rings (SSSR count). The maximum atomic E-state index is 13.4. The van der Waals surface area contributed by atoms with Crippen LogP contribution < -0.4 is 5.32 Å². The van der Waals surface area contributed by atoms with E-state index in [0.29, 0.717) is 39.3 Å². The molecular formula is C24H34N4O3S. The van der Waals surface area contributed by atoms with Gasteiger partial charge in [-0.25, -0.2) is 0 Å². The number of carbonyl (C=O) groups is 1. The number of aryl methyl sites for hydroxylation is 2. The van der Waals surface area contributed by atoms with Crippen molar-refractivity contribution in [2.24, 2.45) is 0 Å². The number of anilines is 1. The van der Waals surface area contributed by atoms with Crippen LogP contribution in [0.3, 0.4) is 0 Å². The molecule has 1 fully saturated rings. The minimum Gasteiger partial charge on any atom is -0.324 e. The summed E-state index contributed by atoms with van der Waals surface area (Å²) in [6.45, 7) is 10.3. The lowest BCUT2D eigenvalue weighted by Gasteiger charge is -2.39. The Morgan fingerprint density at radius 3 is 2.06 bits per heavy atom. The number of carbonyl (C=O) groups excluding carboxylic acids is 1. The molecule has 1 heterocycles. The maximum Gasteiger partial charge on any atom is 0.282 e. The van der Waals surface area contributed by atoms with Crippen LogP contribution in [-0.2, 0) is 15.0 Å². The van der Waals surface area contributed by atoms with Crippen molar-refractivity contribution < 1.29 is 13.2 Å². The largest absolute Gasteiger partial charge is 0.324 e. The molecule has 2 aromatic carbocycles. The predicted molar refractivity (Wildman–Crippen MR) is 129 cm³/mol. The first-order chi connectivity index (χ1) is 15.3. The molecule has 0 radical (unpaired) electrons. The smallest absolute Gasteiger partial charge is 0.282 e. The fourth-order valence-electron chi connectivity index (χ4n) is 4.33. The van der Waals surface area contributed by atoms with E-state index in [1.807, 2.05) is 70.2 Å². The molecule has 1 saturated heterocycles. The SMILES string of the molecule is CCN(CC)S(=O)(=O)N1CCN(C(C(=O)Nc2cc(C)cc(C)c2)c2ccccc2)CC1. The zero-order valence-corrected chi connectivity index (χ0v) is 20.2. The average Bonchev–Trinajstić information content (AvgIpc) is 2.75. The molecule has 2 aromatic rings. The van der Waals surface area contributed by atoms with Crippen molar-refractivity contribution in [1.82, 2.24) is 13.5 Å². The van der Waals surface area contributed by atoms with Gasteiger partial charge in [-0.1, -0.05) is 50.2 Å². The summed E-state index contributed by atoms with van der Waals surface area (Å²) >= 11 is 0. The van der Waals surface area contributed by atoms with Crippen LogP contribution in [-0.4, -0.2) is 67.1 Å². The van der Waals surface area contributed by atoms with Gasteiger partial charge >= 0.3 is 0 Å². The quantitative estimate of drug-likeness (QED) is 0.659. The van der Waals surface area contributed by atoms with Crippen LogP contribution in [0.15, 0.2) is 48.5 Å². The lowest BCUT2D eigenvalue weighted by atomic mass is 10.0. The third kappa shape index (κ3) is 5.56. The van der Waals surface area contributed by atoms with E-state index in [4.69, 9.17) is 0 Å². The molecule has 1 unspecified atom stereocenters. The molecular weight excluding hydrogens is 424 g/mol. The van der Waals surface area contributed by atoms with Gasteiger partial charge in [0.05, 0.1) is 0 Å². The van der Waals surface area contributed by atoms with Crippen molar-refractivity contribution in [2.45, 2.75) is 33.7 Å². The summed E-state index contributed by atoms with van der Waals surface area (Å²) in [5, 5.41) is 3.08. The first-order valence-corrected chi connectivity index (χ1v) is 12.6. The van der Waals surface area contributed by atoms with Crippen LogP contribution in [0.5, 0.6) is 0 Å². The number of hydrogen-bond donors (Lipinski definition) is 1. The summed E-state index contributed by atoms with van der Waals surface area (Å²) in [6, 6.07) is 15.2. The highest BCUT2D eigenvalue weighted by molar-refractivity contribution is 7.86. The van der Waals surface area contributed by atoms with Gasteiger partial charge in [-0.15, -0.1) is 0 Å². The number of benzene rings is 2. The van der Waals surface area contributed by atoms with E-state index in [9.17, 15) is 13.2 Å². The minimum atomic E-state index is -3.48. The average molecular weight is 459 g/mol. The number of piperazine rings is 1. The van der Waals surface area contributed by atoms with Crippen LogP contribution in [0, 0.1) is 13.8 Å². The lowest BCUT2D eigenvalue weighted by molar-refractivity contribution is -0.122. The Kier molecular flexibility index (Phi) is 8.05. The van der Waals surface area contributed by atoms with Gasteiger partial charge in [0.2, 0.25) is 5.91 Å². The van der Waals surface area contributed by atoms with Gasteiger partial charge in [0.1, 0.15) is 6.04 Å². The first kappa shape index (κ1) is 24.4. The van der Waals surface area contributed by atoms with Gasteiger partial charge in [-0.05, 0) is 42.7 Å². The zero-order chi connectivity index (χ0) is 23.3. The van der Waals surface area contributed by atoms with Gasteiger partial charge in [0.15, 0.2) is 0 Å². The second kappa shape index (κ2) is 10.6. The summed E-state index contributed by atoms with van der Waals surface area (Å²) < 4.78 is 28.8. The molecule has 1 aliphatic heterocycles. The number of amides is 1. The minimum absolute atomic E-state index is 0.110. The number of nitrogens with zero attached hydrogens (tertiary/aromatic N) is 3. The third-order valence-electron chi connectivity index (χ3n) is 5.85. The second-order valence-electron chi connectivity index (χ2n) is 8.21. The Bertz CT molecular complexity index is 995. The van der Waals surface area contributed by atoms with Gasteiger partial charge in [0, 0.05) is 45.0 Å². The molecule has 32 heavy (non-hydrogen) atoms. The van der Waals surface area contributed by atoms with Gasteiger partial charge in [-0.2, -0.15) is 17.0 Å². The van der Waals surface area contributed by atoms with Crippen molar-refractivity contribution >= 4 is 21.8 Å². The van der Waals surface area contributed by atoms with Crippen LogP contribution in [0.2, 0.25) is 0 Å². The monoisotopic (exact) mass is 458 g/mol. The van der Waals surface area contributed by atoms with E-state index >= 15 is 0 Å². The summed E-state index contributed by atoms with van der Waals surface area (Å²) in [4.78, 5) is 15.5. The predicted octanol–water partition coefficient (Wildman–Crippen LogP) is 3.19. The van der Waals surface area contributed by atoms with Gasteiger partial charge in [-0.3, -0.25) is 9.69 Å². The lowest BCUT2D eigenvalue weighted by Crippen LogP contribution is -2.54. The highest BCUT2D eigenvalue weighted by Gasteiger charge is 2.35. The van der Waals surface area contributed by atoms with Crippen molar-refractivity contribution in [3.63, 3.8) is 0 Å². The Morgan fingerprint density at radius 2 is 1.53 bits per heavy atom. The van der Waals surface area contributed by atoms with Crippen LogP contribution in [0.1, 0.15) is 36.6 Å². The molecule has 1 amide bonds. The van der Waals surface area contributed by atoms with Crippen LogP contribution >= 0.6 is 0 Å². The first-order valence-electron chi connectivity index (χ1n) is 11.2. The summed E-state index contributed by atoms with van der Waals surface area (Å²) in [5.41, 5.74) is 3.85. The molecule has 0 bridgehead atoms. The Labute approximate surface area is 192 Å². The van der Waals surface area contributed by atoms with Crippen molar-refractivity contribution in [3.8, 4) is 0 Å². The number of rotatable bonds is 8. The molecule has 8 heteroatoms. The van der Waals surface area contributed by atoms with E-state index in [0.717, 1.165) is 22.4 Å². The molecule has 0 spiro atoms. The number of hydrogen-bond acceptors (Lipinski definition) is 4. The van der Waals surface area contributed by atoms with Crippen LogP contribution in [0.4, 0.5) is 5.69 Å². The van der Waals surface area contributed by atoms with E-state index < -0.39 is 16.3 Å². The maximum absolute atomic E-state index is 13.4. The highest BCUT2D eigenvalue weighted by atomic mass is 32.2. The molecule has 0 aliphatic carbocycles. The molecule has 7 nitrogen and oxygen atoms in total. The third-order valence-corrected chi connectivity index (χ3v) is 8.04. The highest BCUT2D eigenvalue weighted by Crippen LogP contribution is 2.26. The van der Waals surface area contributed by atoms with E-state index in [-0.39, 0.29) is 5.91 Å². The molecule has 1 atom stereocenters. The van der Waals surface area contributed by atoms with Crippen LogP contribution in [0.25, 0.3) is 0 Å². The zero-order valence-electron chi connectivity index (χ0n) is 19.4. The normalized spacial score (nSPS) is 16.8. The molecule has 174 valence electrons. The molecule has 1 N–H and O–H groups in total. The van der Waals surface area contributed by atoms with Gasteiger partial charge < -0.3 is 5.32 Å². The van der Waals surface area contributed by atoms with E-state index in [2.05, 4.69) is 16.3 Å². The van der Waals surface area contributed by atoms with Gasteiger partial charge in [0.25, 0.3) is 10.2 Å². The summed E-state index contributed by atoms with van der Waals surface area (Å²) in [7, 11) is -3.48. The Balaban J connectivity index is 1.80. The van der Waals surface area contributed by atoms with E-state index in [1.54, 1.807) is 0 Å². The Hall–Kier alpha value is -2.26. The molecule has 0 saturated carbocycles. The Morgan fingerprint density at radius 1 is 0.969 bits per heavy atom. The van der Waals surface area contributed by atoms with Crippen molar-refractivity contribution in [3.05, 3.63) is 65.2 Å². The molecule has 0 aromatic heterocycles. The molecule has 1 aliphatic rings.